The van der Waals surface area contributed by atoms with Gasteiger partial charge in [-0.15, -0.1) is 0 Å². The minimum Gasteiger partial charge on any atom is -0.384 e. The lowest BCUT2D eigenvalue weighted by atomic mass is 10.2. The van der Waals surface area contributed by atoms with Crippen molar-refractivity contribution in [2.24, 2.45) is 0 Å². The van der Waals surface area contributed by atoms with Gasteiger partial charge in [-0.3, -0.25) is 0 Å². The summed E-state index contributed by atoms with van der Waals surface area (Å²) in [5.74, 6) is 0.628. The van der Waals surface area contributed by atoms with Gasteiger partial charge < -0.3 is 10.3 Å². The van der Waals surface area contributed by atoms with E-state index in [1.165, 1.54) is 12.8 Å². The van der Waals surface area contributed by atoms with E-state index in [1.807, 2.05) is 13.8 Å². The third-order valence-electron chi connectivity index (χ3n) is 2.97. The second-order valence-electron chi connectivity index (χ2n) is 3.94. The van der Waals surface area contributed by atoms with Gasteiger partial charge in [0.25, 0.3) is 0 Å². The molecule has 3 nitrogen and oxygen atoms in total. The zero-order valence-corrected chi connectivity index (χ0v) is 9.80. The molecule has 15 heavy (non-hydrogen) atoms. The fourth-order valence-corrected chi connectivity index (χ4v) is 1.84. The van der Waals surface area contributed by atoms with Gasteiger partial charge in [0, 0.05) is 12.2 Å². The van der Waals surface area contributed by atoms with E-state index < -0.39 is 0 Å². The van der Waals surface area contributed by atoms with Gasteiger partial charge in [0.2, 0.25) is 0 Å². The van der Waals surface area contributed by atoms with Crippen LogP contribution in [-0.2, 0) is 6.54 Å². The van der Waals surface area contributed by atoms with Crippen LogP contribution >= 0.6 is 0 Å². The molecule has 0 amide bonds. The van der Waals surface area contributed by atoms with Crippen LogP contribution in [0, 0.1) is 25.2 Å². The summed E-state index contributed by atoms with van der Waals surface area (Å²) < 4.78 is 2.06. The van der Waals surface area contributed by atoms with Crippen molar-refractivity contribution in [2.45, 2.75) is 46.6 Å². The molecule has 0 fully saturated rings. The molecule has 0 spiro atoms. The van der Waals surface area contributed by atoms with Crippen molar-refractivity contribution < 1.29 is 0 Å². The summed E-state index contributed by atoms with van der Waals surface area (Å²) >= 11 is 0. The Balaban J connectivity index is 2.94. The van der Waals surface area contributed by atoms with Crippen LogP contribution < -0.4 is 5.73 Å². The van der Waals surface area contributed by atoms with Gasteiger partial charge in [-0.1, -0.05) is 19.8 Å². The molecule has 0 atom stereocenters. The molecule has 2 N–H and O–H groups in total. The Morgan fingerprint density at radius 2 is 2.00 bits per heavy atom. The molecule has 82 valence electrons. The van der Waals surface area contributed by atoms with Crippen molar-refractivity contribution in [2.75, 3.05) is 5.73 Å². The van der Waals surface area contributed by atoms with E-state index in [0.29, 0.717) is 11.4 Å². The highest BCUT2D eigenvalue weighted by Crippen LogP contribution is 2.23. The minimum absolute atomic E-state index is 0.628. The molecule has 0 radical (unpaired) electrons. The first kappa shape index (κ1) is 11.6. The minimum atomic E-state index is 0.628. The predicted octanol–water partition coefficient (Wildman–Crippen LogP) is 2.75. The van der Waals surface area contributed by atoms with Crippen molar-refractivity contribution >= 4 is 5.82 Å². The van der Waals surface area contributed by atoms with Crippen LogP contribution in [0.25, 0.3) is 0 Å². The molecule has 0 aromatic carbocycles. The number of anilines is 1. The van der Waals surface area contributed by atoms with Gasteiger partial charge in [0.05, 0.1) is 5.56 Å². The zero-order valence-electron chi connectivity index (χ0n) is 9.80. The number of nitriles is 1. The molecule has 1 heterocycles. The molecular weight excluding hydrogens is 186 g/mol. The van der Waals surface area contributed by atoms with Crippen LogP contribution in [0.1, 0.15) is 43.0 Å². The Labute approximate surface area is 91.5 Å². The van der Waals surface area contributed by atoms with Gasteiger partial charge in [-0.25, -0.2) is 0 Å². The Kier molecular flexibility index (Phi) is 3.79. The van der Waals surface area contributed by atoms with E-state index >= 15 is 0 Å². The molecular formula is C12H19N3. The average molecular weight is 205 g/mol. The lowest BCUT2D eigenvalue weighted by Gasteiger charge is -2.08. The van der Waals surface area contributed by atoms with E-state index in [0.717, 1.165) is 24.2 Å². The molecule has 0 saturated heterocycles. The van der Waals surface area contributed by atoms with Crippen molar-refractivity contribution in [3.8, 4) is 6.07 Å². The lowest BCUT2D eigenvalue weighted by molar-refractivity contribution is 0.599. The van der Waals surface area contributed by atoms with E-state index in [2.05, 4.69) is 17.6 Å². The summed E-state index contributed by atoms with van der Waals surface area (Å²) in [4.78, 5) is 0. The fraction of sp³-hybridized carbons (Fsp3) is 0.583. The highest BCUT2D eigenvalue weighted by atomic mass is 15.1. The van der Waals surface area contributed by atoms with Gasteiger partial charge >= 0.3 is 0 Å². The number of aromatic nitrogens is 1. The lowest BCUT2D eigenvalue weighted by Crippen LogP contribution is -2.05. The number of hydrogen-bond donors (Lipinski definition) is 1. The summed E-state index contributed by atoms with van der Waals surface area (Å²) in [6, 6.07) is 2.17. The van der Waals surface area contributed by atoms with Crippen LogP contribution in [0.4, 0.5) is 5.82 Å². The molecule has 0 aliphatic heterocycles. The Morgan fingerprint density at radius 1 is 1.33 bits per heavy atom. The van der Waals surface area contributed by atoms with Crippen molar-refractivity contribution in [3.63, 3.8) is 0 Å². The van der Waals surface area contributed by atoms with E-state index in [9.17, 15) is 0 Å². The highest BCUT2D eigenvalue weighted by Gasteiger charge is 2.13. The molecule has 0 aliphatic rings. The number of nitrogens with two attached hydrogens (primary N) is 1. The maximum Gasteiger partial charge on any atom is 0.122 e. The summed E-state index contributed by atoms with van der Waals surface area (Å²) in [6.45, 7) is 7.09. The number of rotatable bonds is 4. The second kappa shape index (κ2) is 4.88. The second-order valence-corrected chi connectivity index (χ2v) is 3.94. The SMILES string of the molecule is CCCCCn1c(C)c(C)c(C#N)c1N. The number of unbranched alkanes of at least 4 members (excludes halogenated alkanes) is 2. The maximum atomic E-state index is 8.97. The molecule has 0 aliphatic carbocycles. The van der Waals surface area contributed by atoms with Crippen LogP contribution in [0.15, 0.2) is 0 Å². The summed E-state index contributed by atoms with van der Waals surface area (Å²) in [5.41, 5.74) is 8.73. The average Bonchev–Trinajstić information content (AvgIpc) is 2.42. The third-order valence-corrected chi connectivity index (χ3v) is 2.97. The van der Waals surface area contributed by atoms with Crippen LogP contribution in [-0.4, -0.2) is 4.57 Å². The fourth-order valence-electron chi connectivity index (χ4n) is 1.84. The number of hydrogen-bond acceptors (Lipinski definition) is 2. The summed E-state index contributed by atoms with van der Waals surface area (Å²) in [5, 5.41) is 8.97. The van der Waals surface area contributed by atoms with Gasteiger partial charge in [0.15, 0.2) is 0 Å². The van der Waals surface area contributed by atoms with Crippen molar-refractivity contribution in [1.82, 2.24) is 4.57 Å². The number of nitrogen functional groups attached to an aromatic ring is 1. The molecule has 1 aromatic heterocycles. The van der Waals surface area contributed by atoms with Crippen molar-refractivity contribution in [1.29, 1.82) is 5.26 Å². The van der Waals surface area contributed by atoms with Crippen LogP contribution in [0.2, 0.25) is 0 Å². The first-order chi connectivity index (χ1) is 7.13. The monoisotopic (exact) mass is 205 g/mol. The highest BCUT2D eigenvalue weighted by molar-refractivity contribution is 5.57. The molecule has 1 rings (SSSR count). The van der Waals surface area contributed by atoms with Gasteiger partial charge in [-0.05, 0) is 25.8 Å². The molecule has 0 unspecified atom stereocenters. The van der Waals surface area contributed by atoms with Gasteiger partial charge in [-0.2, -0.15) is 5.26 Å². The Hall–Kier alpha value is -1.43. The van der Waals surface area contributed by atoms with Crippen molar-refractivity contribution in [3.05, 3.63) is 16.8 Å². The summed E-state index contributed by atoms with van der Waals surface area (Å²) in [6.07, 6.45) is 3.53. The molecule has 0 bridgehead atoms. The number of nitrogens with zero attached hydrogens (tertiary/aromatic N) is 2. The first-order valence-corrected chi connectivity index (χ1v) is 5.48. The zero-order chi connectivity index (χ0) is 11.4. The standard InChI is InChI=1S/C12H19N3/c1-4-5-6-7-15-10(3)9(2)11(8-13)12(15)14/h4-7,14H2,1-3H3. The summed E-state index contributed by atoms with van der Waals surface area (Å²) in [7, 11) is 0. The topological polar surface area (TPSA) is 54.7 Å². The quantitative estimate of drug-likeness (QED) is 0.768. The van der Waals surface area contributed by atoms with Crippen LogP contribution in [0.3, 0.4) is 0 Å². The molecule has 1 aromatic rings. The van der Waals surface area contributed by atoms with E-state index in [-0.39, 0.29) is 0 Å². The normalized spacial score (nSPS) is 10.3. The molecule has 3 heteroatoms. The Bertz CT molecular complexity index is 383. The first-order valence-electron chi connectivity index (χ1n) is 5.48. The Morgan fingerprint density at radius 3 is 2.47 bits per heavy atom. The third kappa shape index (κ3) is 2.15. The molecule has 0 saturated carbocycles. The van der Waals surface area contributed by atoms with E-state index in [1.54, 1.807) is 0 Å². The smallest absolute Gasteiger partial charge is 0.122 e. The largest absolute Gasteiger partial charge is 0.384 e. The van der Waals surface area contributed by atoms with Gasteiger partial charge in [0.1, 0.15) is 11.9 Å². The van der Waals surface area contributed by atoms with E-state index in [4.69, 9.17) is 11.0 Å². The predicted molar refractivity (Wildman–Crippen MR) is 62.6 cm³/mol. The maximum absolute atomic E-state index is 8.97. The van der Waals surface area contributed by atoms with Crippen LogP contribution in [0.5, 0.6) is 0 Å².